The number of halogens is 1. The molecule has 0 bridgehead atoms. The van der Waals surface area contributed by atoms with Gasteiger partial charge in [0.2, 0.25) is 0 Å². The second kappa shape index (κ2) is 7.47. The minimum absolute atomic E-state index is 0.0241. The van der Waals surface area contributed by atoms with E-state index in [2.05, 4.69) is 16.7 Å². The third-order valence-electron chi connectivity index (χ3n) is 4.34. The van der Waals surface area contributed by atoms with Crippen molar-refractivity contribution in [2.75, 3.05) is 31.1 Å². The van der Waals surface area contributed by atoms with E-state index in [0.29, 0.717) is 17.6 Å². The van der Waals surface area contributed by atoms with Crippen molar-refractivity contribution >= 4 is 23.0 Å². The summed E-state index contributed by atoms with van der Waals surface area (Å²) in [7, 11) is 0. The molecule has 1 aliphatic rings. The van der Waals surface area contributed by atoms with Crippen molar-refractivity contribution in [1.82, 2.24) is 4.90 Å². The van der Waals surface area contributed by atoms with E-state index in [1.165, 1.54) is 6.07 Å². The first-order valence-corrected chi connectivity index (χ1v) is 8.32. The molecule has 0 amide bonds. The number of aryl methyl sites for hydroxylation is 1. The first-order chi connectivity index (χ1) is 10.8. The smallest absolute Gasteiger partial charge is 0.271 e. The number of hydrogen-bond donors (Lipinski definition) is 1. The fraction of sp³-hybridized carbons (Fsp3) is 0.625. The van der Waals surface area contributed by atoms with Crippen LogP contribution in [0.2, 0.25) is 5.02 Å². The van der Waals surface area contributed by atoms with E-state index in [4.69, 9.17) is 11.6 Å². The summed E-state index contributed by atoms with van der Waals surface area (Å²) in [5, 5.41) is 21.0. The Morgan fingerprint density at radius 1 is 1.48 bits per heavy atom. The van der Waals surface area contributed by atoms with Crippen LogP contribution in [-0.4, -0.2) is 53.3 Å². The van der Waals surface area contributed by atoms with Gasteiger partial charge in [0.05, 0.1) is 21.7 Å². The monoisotopic (exact) mass is 341 g/mol. The lowest BCUT2D eigenvalue weighted by Gasteiger charge is -2.43. The topological polar surface area (TPSA) is 69.8 Å². The second-order valence-corrected chi connectivity index (χ2v) is 6.61. The van der Waals surface area contributed by atoms with Gasteiger partial charge in [0.25, 0.3) is 5.69 Å². The van der Waals surface area contributed by atoms with Crippen LogP contribution in [0.3, 0.4) is 0 Å². The molecule has 1 aromatic carbocycles. The molecule has 128 valence electrons. The molecule has 1 aromatic rings. The molecule has 1 N–H and O–H groups in total. The third-order valence-corrected chi connectivity index (χ3v) is 4.63. The zero-order chi connectivity index (χ0) is 17.1. The number of nitro groups is 1. The van der Waals surface area contributed by atoms with E-state index >= 15 is 0 Å². The lowest BCUT2D eigenvalue weighted by Crippen LogP contribution is -2.54. The molecule has 6 nitrogen and oxygen atoms in total. The molecule has 1 fully saturated rings. The summed E-state index contributed by atoms with van der Waals surface area (Å²) in [5.74, 6) is 0. The molecule has 0 saturated carbocycles. The molecule has 2 unspecified atom stereocenters. The lowest BCUT2D eigenvalue weighted by atomic mass is 10.1. The predicted octanol–water partition coefficient (Wildman–Crippen LogP) is 2.84. The highest BCUT2D eigenvalue weighted by Crippen LogP contribution is 2.35. The molecule has 0 spiro atoms. The van der Waals surface area contributed by atoms with Gasteiger partial charge in [0.1, 0.15) is 0 Å². The molecule has 1 saturated heterocycles. The number of aliphatic hydroxyl groups excluding tert-OH is 1. The van der Waals surface area contributed by atoms with Crippen molar-refractivity contribution < 1.29 is 10.0 Å². The number of non-ortho nitro benzene ring substituents is 1. The number of benzene rings is 1. The lowest BCUT2D eigenvalue weighted by molar-refractivity contribution is -0.384. The summed E-state index contributed by atoms with van der Waals surface area (Å²) < 4.78 is 0. The number of nitro benzene ring substituents is 1. The van der Waals surface area contributed by atoms with Crippen LogP contribution >= 0.6 is 11.6 Å². The fourth-order valence-corrected chi connectivity index (χ4v) is 3.67. The molecule has 2 rings (SSSR count). The van der Waals surface area contributed by atoms with Crippen molar-refractivity contribution in [3.8, 4) is 0 Å². The van der Waals surface area contributed by atoms with E-state index in [9.17, 15) is 15.2 Å². The van der Waals surface area contributed by atoms with Crippen molar-refractivity contribution in [3.63, 3.8) is 0 Å². The maximum absolute atomic E-state index is 10.9. The van der Waals surface area contributed by atoms with Crippen LogP contribution in [0.1, 0.15) is 25.8 Å². The van der Waals surface area contributed by atoms with Gasteiger partial charge in [-0.2, -0.15) is 0 Å². The van der Waals surface area contributed by atoms with Gasteiger partial charge in [-0.25, -0.2) is 0 Å². The van der Waals surface area contributed by atoms with Gasteiger partial charge >= 0.3 is 0 Å². The number of hydrogen-bond acceptors (Lipinski definition) is 5. The van der Waals surface area contributed by atoms with E-state index in [1.807, 2.05) is 6.92 Å². The first-order valence-electron chi connectivity index (χ1n) is 7.95. The van der Waals surface area contributed by atoms with Crippen LogP contribution < -0.4 is 4.90 Å². The predicted molar refractivity (Wildman–Crippen MR) is 92.4 cm³/mol. The summed E-state index contributed by atoms with van der Waals surface area (Å²) in [6.45, 7) is 8.90. The van der Waals surface area contributed by atoms with Crippen LogP contribution in [0, 0.1) is 17.0 Å². The minimum Gasteiger partial charge on any atom is -0.392 e. The first kappa shape index (κ1) is 18.0. The van der Waals surface area contributed by atoms with E-state index in [-0.39, 0.29) is 11.8 Å². The van der Waals surface area contributed by atoms with Crippen molar-refractivity contribution in [2.24, 2.45) is 0 Å². The average molecular weight is 342 g/mol. The fourth-order valence-electron chi connectivity index (χ4n) is 3.29. The number of anilines is 1. The maximum Gasteiger partial charge on any atom is 0.271 e. The SMILES string of the molecule is CCC1CN(c2c(C)cc([N+](=O)[O-])cc2Cl)CCN1CC(C)O. The Morgan fingerprint density at radius 3 is 2.70 bits per heavy atom. The molecule has 0 aliphatic carbocycles. The van der Waals surface area contributed by atoms with Gasteiger partial charge in [-0.15, -0.1) is 0 Å². The Kier molecular flexibility index (Phi) is 5.84. The van der Waals surface area contributed by atoms with E-state index in [0.717, 1.165) is 37.3 Å². The Balaban J connectivity index is 2.22. The summed E-state index contributed by atoms with van der Waals surface area (Å²) in [6, 6.07) is 3.33. The van der Waals surface area contributed by atoms with Gasteiger partial charge in [-0.3, -0.25) is 15.0 Å². The number of aliphatic hydroxyl groups is 1. The summed E-state index contributed by atoms with van der Waals surface area (Å²) in [6.07, 6.45) is 0.632. The standard InChI is InChI=1S/C16H24ClN3O3/c1-4-13-10-19(6-5-18(13)9-12(3)21)16-11(2)7-14(20(22)23)8-15(16)17/h7-8,12-13,21H,4-6,9-10H2,1-3H3. The van der Waals surface area contributed by atoms with Gasteiger partial charge in [0.15, 0.2) is 0 Å². The molecule has 2 atom stereocenters. The summed E-state index contributed by atoms with van der Waals surface area (Å²) in [5.41, 5.74) is 1.73. The number of rotatable bonds is 5. The molecule has 7 heteroatoms. The highest BCUT2D eigenvalue weighted by atomic mass is 35.5. The summed E-state index contributed by atoms with van der Waals surface area (Å²) >= 11 is 6.32. The minimum atomic E-state index is -0.419. The van der Waals surface area contributed by atoms with Crippen molar-refractivity contribution in [1.29, 1.82) is 0 Å². The van der Waals surface area contributed by atoms with Gasteiger partial charge < -0.3 is 10.0 Å². The Morgan fingerprint density at radius 2 is 2.17 bits per heavy atom. The highest BCUT2D eigenvalue weighted by Gasteiger charge is 2.28. The van der Waals surface area contributed by atoms with Crippen LogP contribution in [0.25, 0.3) is 0 Å². The third kappa shape index (κ3) is 4.13. The Labute approximate surface area is 141 Å². The Bertz CT molecular complexity index is 557. The molecule has 0 aromatic heterocycles. The maximum atomic E-state index is 10.9. The van der Waals surface area contributed by atoms with E-state index in [1.54, 1.807) is 13.0 Å². The largest absolute Gasteiger partial charge is 0.392 e. The quantitative estimate of drug-likeness (QED) is 0.658. The molecule has 1 heterocycles. The van der Waals surface area contributed by atoms with E-state index < -0.39 is 4.92 Å². The molecular formula is C16H24ClN3O3. The molecule has 1 aliphatic heterocycles. The second-order valence-electron chi connectivity index (χ2n) is 6.20. The van der Waals surface area contributed by atoms with Crippen LogP contribution in [0.5, 0.6) is 0 Å². The number of β-amino-alcohol motifs (C(OH)–C–C–N with tert-alkyl or cyclic N) is 1. The molecular weight excluding hydrogens is 318 g/mol. The molecule has 0 radical (unpaired) electrons. The van der Waals surface area contributed by atoms with Gasteiger partial charge in [-0.05, 0) is 25.8 Å². The average Bonchev–Trinajstić information content (AvgIpc) is 2.47. The van der Waals surface area contributed by atoms with Crippen molar-refractivity contribution in [3.05, 3.63) is 32.8 Å². The van der Waals surface area contributed by atoms with Gasteiger partial charge in [0, 0.05) is 44.4 Å². The van der Waals surface area contributed by atoms with Crippen LogP contribution in [0.15, 0.2) is 12.1 Å². The van der Waals surface area contributed by atoms with Crippen molar-refractivity contribution in [2.45, 2.75) is 39.3 Å². The normalized spacial score (nSPS) is 20.6. The van der Waals surface area contributed by atoms with Gasteiger partial charge in [-0.1, -0.05) is 18.5 Å². The molecule has 23 heavy (non-hydrogen) atoms. The number of piperazine rings is 1. The number of nitrogens with zero attached hydrogens (tertiary/aromatic N) is 3. The zero-order valence-corrected chi connectivity index (χ0v) is 14.6. The Hall–Kier alpha value is -1.37. The van der Waals surface area contributed by atoms with Crippen LogP contribution in [-0.2, 0) is 0 Å². The summed E-state index contributed by atoms with van der Waals surface area (Å²) in [4.78, 5) is 15.0. The zero-order valence-electron chi connectivity index (χ0n) is 13.8. The highest BCUT2D eigenvalue weighted by molar-refractivity contribution is 6.33. The van der Waals surface area contributed by atoms with Crippen LogP contribution in [0.4, 0.5) is 11.4 Å².